The topological polar surface area (TPSA) is 97.7 Å². The van der Waals surface area contributed by atoms with E-state index in [9.17, 15) is 9.59 Å². The first-order valence-electron chi connectivity index (χ1n) is 9.12. The standard InChI is InChI=1S/C19H27N5O3/c1-27-13-8-21-18(25)6-7-22-19(26)24-11-9-23(10-12-24)15-17-4-2-16(14-20)3-5-17/h2-5H,6-13,15H2,1H3,(H,21,25)(H,22,26). The highest BCUT2D eigenvalue weighted by Crippen LogP contribution is 2.10. The van der Waals surface area contributed by atoms with Crippen LogP contribution in [0.4, 0.5) is 4.79 Å². The number of piperazine rings is 1. The highest BCUT2D eigenvalue weighted by Gasteiger charge is 2.20. The third kappa shape index (κ3) is 7.25. The number of rotatable bonds is 8. The maximum atomic E-state index is 12.2. The van der Waals surface area contributed by atoms with Crippen LogP contribution in [0.15, 0.2) is 24.3 Å². The average molecular weight is 373 g/mol. The number of nitrogens with zero attached hydrogens (tertiary/aromatic N) is 3. The number of methoxy groups -OCH3 is 1. The van der Waals surface area contributed by atoms with Crippen LogP contribution in [0, 0.1) is 11.3 Å². The van der Waals surface area contributed by atoms with Crippen molar-refractivity contribution < 1.29 is 14.3 Å². The Bertz CT molecular complexity index is 648. The van der Waals surface area contributed by atoms with Crippen molar-refractivity contribution in [2.75, 3.05) is 53.0 Å². The zero-order valence-corrected chi connectivity index (χ0v) is 15.7. The van der Waals surface area contributed by atoms with E-state index >= 15 is 0 Å². The number of nitriles is 1. The number of hydrogen-bond acceptors (Lipinski definition) is 5. The van der Waals surface area contributed by atoms with Gasteiger partial charge in [0.05, 0.1) is 18.2 Å². The van der Waals surface area contributed by atoms with Crippen molar-refractivity contribution in [3.8, 4) is 6.07 Å². The van der Waals surface area contributed by atoms with Crippen molar-refractivity contribution in [1.82, 2.24) is 20.4 Å². The van der Waals surface area contributed by atoms with E-state index in [1.807, 2.05) is 24.3 Å². The Balaban J connectivity index is 1.63. The van der Waals surface area contributed by atoms with Crippen LogP contribution in [0.2, 0.25) is 0 Å². The van der Waals surface area contributed by atoms with Gasteiger partial charge in [-0.05, 0) is 17.7 Å². The first-order valence-corrected chi connectivity index (χ1v) is 9.12. The van der Waals surface area contributed by atoms with Crippen LogP contribution in [0.25, 0.3) is 0 Å². The Morgan fingerprint density at radius 2 is 1.81 bits per heavy atom. The molecule has 0 atom stereocenters. The zero-order valence-electron chi connectivity index (χ0n) is 15.7. The van der Waals surface area contributed by atoms with Crippen LogP contribution in [-0.2, 0) is 16.1 Å². The molecule has 27 heavy (non-hydrogen) atoms. The summed E-state index contributed by atoms with van der Waals surface area (Å²) in [4.78, 5) is 27.8. The Kier molecular flexibility index (Phi) is 8.55. The van der Waals surface area contributed by atoms with Gasteiger partial charge in [-0.3, -0.25) is 9.69 Å². The molecule has 3 amide bonds. The molecule has 1 fully saturated rings. The van der Waals surface area contributed by atoms with Gasteiger partial charge in [0.25, 0.3) is 0 Å². The third-order valence-corrected chi connectivity index (χ3v) is 4.41. The van der Waals surface area contributed by atoms with E-state index in [1.165, 1.54) is 0 Å². The minimum atomic E-state index is -0.127. The molecular weight excluding hydrogens is 346 g/mol. The molecule has 1 aromatic rings. The number of benzene rings is 1. The molecule has 2 N–H and O–H groups in total. The van der Waals surface area contributed by atoms with Crippen molar-refractivity contribution in [2.24, 2.45) is 0 Å². The summed E-state index contributed by atoms with van der Waals surface area (Å²) in [6, 6.07) is 9.57. The fraction of sp³-hybridized carbons (Fsp3) is 0.526. The summed E-state index contributed by atoms with van der Waals surface area (Å²) in [5, 5.41) is 14.4. The van der Waals surface area contributed by atoms with Gasteiger partial charge in [0.2, 0.25) is 5.91 Å². The van der Waals surface area contributed by atoms with Gasteiger partial charge in [-0.15, -0.1) is 0 Å². The van der Waals surface area contributed by atoms with Gasteiger partial charge < -0.3 is 20.3 Å². The molecule has 0 saturated carbocycles. The molecule has 0 unspecified atom stereocenters. The lowest BCUT2D eigenvalue weighted by molar-refractivity contribution is -0.121. The second kappa shape index (κ2) is 11.2. The van der Waals surface area contributed by atoms with Crippen molar-refractivity contribution >= 4 is 11.9 Å². The molecule has 0 aromatic heterocycles. The molecule has 8 heteroatoms. The SMILES string of the molecule is COCCNC(=O)CCNC(=O)N1CCN(Cc2ccc(C#N)cc2)CC1. The molecule has 1 aliphatic heterocycles. The molecule has 0 radical (unpaired) electrons. The summed E-state index contributed by atoms with van der Waals surface area (Å²) in [5.74, 6) is -0.0976. The molecule has 0 aliphatic carbocycles. The summed E-state index contributed by atoms with van der Waals surface area (Å²) >= 11 is 0. The first kappa shape index (κ1) is 20.7. The molecule has 1 saturated heterocycles. The van der Waals surface area contributed by atoms with E-state index in [0.717, 1.165) is 25.2 Å². The van der Waals surface area contributed by atoms with E-state index < -0.39 is 0 Å². The van der Waals surface area contributed by atoms with Crippen LogP contribution in [0.1, 0.15) is 17.5 Å². The number of urea groups is 1. The maximum Gasteiger partial charge on any atom is 0.317 e. The zero-order chi connectivity index (χ0) is 19.5. The molecule has 1 aliphatic rings. The third-order valence-electron chi connectivity index (χ3n) is 4.41. The van der Waals surface area contributed by atoms with Gasteiger partial charge >= 0.3 is 6.03 Å². The van der Waals surface area contributed by atoms with Crippen molar-refractivity contribution in [2.45, 2.75) is 13.0 Å². The molecule has 146 valence electrons. The lowest BCUT2D eigenvalue weighted by atomic mass is 10.1. The smallest absolute Gasteiger partial charge is 0.317 e. The van der Waals surface area contributed by atoms with Gasteiger partial charge in [0.1, 0.15) is 0 Å². The van der Waals surface area contributed by atoms with Crippen LogP contribution >= 0.6 is 0 Å². The number of carbonyl (C=O) groups is 2. The predicted molar refractivity (Wildman–Crippen MR) is 101 cm³/mol. The minimum absolute atomic E-state index is 0.0976. The number of amides is 3. The molecule has 0 spiro atoms. The van der Waals surface area contributed by atoms with Gasteiger partial charge in [-0.25, -0.2) is 4.79 Å². The molecular formula is C19H27N5O3. The quantitative estimate of drug-likeness (QED) is 0.648. The van der Waals surface area contributed by atoms with E-state index in [4.69, 9.17) is 10.00 Å². The number of hydrogen-bond donors (Lipinski definition) is 2. The number of carbonyl (C=O) groups excluding carboxylic acids is 2. The van der Waals surface area contributed by atoms with Crippen LogP contribution in [-0.4, -0.2) is 74.7 Å². The van der Waals surface area contributed by atoms with E-state index in [0.29, 0.717) is 38.3 Å². The van der Waals surface area contributed by atoms with Crippen LogP contribution in [0.5, 0.6) is 0 Å². The monoisotopic (exact) mass is 373 g/mol. The fourth-order valence-corrected chi connectivity index (χ4v) is 2.83. The summed E-state index contributed by atoms with van der Waals surface area (Å²) in [6.45, 7) is 4.99. The fourth-order valence-electron chi connectivity index (χ4n) is 2.83. The van der Waals surface area contributed by atoms with E-state index in [2.05, 4.69) is 21.6 Å². The summed E-state index contributed by atoms with van der Waals surface area (Å²) in [6.07, 6.45) is 0.258. The Morgan fingerprint density at radius 1 is 1.11 bits per heavy atom. The van der Waals surface area contributed by atoms with Gasteiger partial charge in [0.15, 0.2) is 0 Å². The first-order chi connectivity index (χ1) is 13.1. The number of nitrogens with one attached hydrogen (secondary N) is 2. The van der Waals surface area contributed by atoms with Crippen LogP contribution < -0.4 is 10.6 Å². The summed E-state index contributed by atoms with van der Waals surface area (Å²) < 4.78 is 4.86. The molecule has 1 aromatic carbocycles. The highest BCUT2D eigenvalue weighted by molar-refractivity contribution is 5.78. The second-order valence-corrected chi connectivity index (χ2v) is 6.40. The predicted octanol–water partition coefficient (Wildman–Crippen LogP) is 0.538. The summed E-state index contributed by atoms with van der Waals surface area (Å²) in [5.41, 5.74) is 1.82. The number of ether oxygens (including phenoxy) is 1. The summed E-state index contributed by atoms with van der Waals surface area (Å²) in [7, 11) is 1.58. The largest absolute Gasteiger partial charge is 0.383 e. The Morgan fingerprint density at radius 3 is 2.44 bits per heavy atom. The maximum absolute atomic E-state index is 12.2. The highest BCUT2D eigenvalue weighted by atomic mass is 16.5. The van der Waals surface area contributed by atoms with E-state index in [1.54, 1.807) is 12.0 Å². The Labute approximate surface area is 160 Å². The van der Waals surface area contributed by atoms with Crippen molar-refractivity contribution in [1.29, 1.82) is 5.26 Å². The van der Waals surface area contributed by atoms with Crippen LogP contribution in [0.3, 0.4) is 0 Å². The Hall–Kier alpha value is -2.63. The lowest BCUT2D eigenvalue weighted by Crippen LogP contribution is -2.51. The lowest BCUT2D eigenvalue weighted by Gasteiger charge is -2.34. The van der Waals surface area contributed by atoms with E-state index in [-0.39, 0.29) is 18.4 Å². The van der Waals surface area contributed by atoms with Gasteiger partial charge in [-0.2, -0.15) is 5.26 Å². The molecule has 0 bridgehead atoms. The minimum Gasteiger partial charge on any atom is -0.383 e. The van der Waals surface area contributed by atoms with Crippen molar-refractivity contribution in [3.05, 3.63) is 35.4 Å². The van der Waals surface area contributed by atoms with Gasteiger partial charge in [-0.1, -0.05) is 12.1 Å². The van der Waals surface area contributed by atoms with Crippen molar-refractivity contribution in [3.63, 3.8) is 0 Å². The molecule has 2 rings (SSSR count). The van der Waals surface area contributed by atoms with Gasteiger partial charge in [0, 0.05) is 59.3 Å². The normalized spacial score (nSPS) is 14.4. The second-order valence-electron chi connectivity index (χ2n) is 6.40. The average Bonchev–Trinajstić information content (AvgIpc) is 2.69. The molecule has 1 heterocycles. The molecule has 8 nitrogen and oxygen atoms in total.